The van der Waals surface area contributed by atoms with Crippen LogP contribution in [0.2, 0.25) is 0 Å². The lowest BCUT2D eigenvalue weighted by molar-refractivity contribution is -0.140. The van der Waals surface area contributed by atoms with E-state index in [0.29, 0.717) is 26.1 Å². The van der Waals surface area contributed by atoms with Crippen molar-refractivity contribution in [3.05, 3.63) is 107 Å². The second kappa shape index (κ2) is 10.5. The van der Waals surface area contributed by atoms with Gasteiger partial charge in [-0.1, -0.05) is 90.5 Å². The molecule has 0 bridgehead atoms. The van der Waals surface area contributed by atoms with Crippen molar-refractivity contribution in [1.29, 1.82) is 0 Å². The van der Waals surface area contributed by atoms with Crippen molar-refractivity contribution < 1.29 is 9.59 Å². The average Bonchev–Trinajstić information content (AvgIpc) is 2.84. The molecule has 2 unspecified atom stereocenters. The summed E-state index contributed by atoms with van der Waals surface area (Å²) in [5.74, 6) is 0.130. The van der Waals surface area contributed by atoms with Crippen LogP contribution in [0, 0.1) is 12.8 Å². The third-order valence-corrected chi connectivity index (χ3v) is 6.50. The van der Waals surface area contributed by atoms with Crippen molar-refractivity contribution in [2.75, 3.05) is 20.1 Å². The standard InChI is InChI=1S/C29H32N2O2/c1-22-10-9-15-25(16-22)26-18-27(29(33)30(2)19-24-13-7-4-8-14-24)21-31(20-26)28(32)17-23-11-5-3-6-12-23/h3-16,26-27H,17-21H2,1-2H3. The number of carbonyl (C=O) groups is 2. The zero-order valence-electron chi connectivity index (χ0n) is 19.5. The van der Waals surface area contributed by atoms with Gasteiger partial charge in [-0.15, -0.1) is 0 Å². The molecule has 0 aromatic heterocycles. The van der Waals surface area contributed by atoms with E-state index in [1.54, 1.807) is 4.90 Å². The number of aryl methyl sites for hydroxylation is 1. The van der Waals surface area contributed by atoms with Crippen LogP contribution in [0.4, 0.5) is 0 Å². The molecule has 1 fully saturated rings. The average molecular weight is 441 g/mol. The number of likely N-dealkylation sites (tertiary alicyclic amines) is 1. The van der Waals surface area contributed by atoms with Gasteiger partial charge in [0.05, 0.1) is 12.3 Å². The topological polar surface area (TPSA) is 40.6 Å². The molecule has 1 aliphatic rings. The molecule has 33 heavy (non-hydrogen) atoms. The summed E-state index contributed by atoms with van der Waals surface area (Å²) in [6.07, 6.45) is 1.12. The van der Waals surface area contributed by atoms with E-state index in [1.807, 2.05) is 72.6 Å². The summed E-state index contributed by atoms with van der Waals surface area (Å²) in [5.41, 5.74) is 4.51. The fourth-order valence-electron chi connectivity index (χ4n) is 4.78. The molecule has 4 nitrogen and oxygen atoms in total. The van der Waals surface area contributed by atoms with Gasteiger partial charge in [-0.2, -0.15) is 0 Å². The van der Waals surface area contributed by atoms with Crippen LogP contribution >= 0.6 is 0 Å². The Bertz CT molecular complexity index is 1080. The molecule has 0 saturated carbocycles. The summed E-state index contributed by atoms with van der Waals surface area (Å²) in [7, 11) is 1.86. The van der Waals surface area contributed by atoms with Crippen molar-refractivity contribution in [2.45, 2.75) is 32.2 Å². The maximum absolute atomic E-state index is 13.5. The number of rotatable bonds is 6. The smallest absolute Gasteiger partial charge is 0.227 e. The molecular weight excluding hydrogens is 408 g/mol. The Kier molecular flexibility index (Phi) is 7.23. The predicted octanol–water partition coefficient (Wildman–Crippen LogP) is 4.83. The first-order valence-corrected chi connectivity index (χ1v) is 11.7. The molecule has 170 valence electrons. The van der Waals surface area contributed by atoms with Crippen molar-refractivity contribution in [3.8, 4) is 0 Å². The normalized spacial score (nSPS) is 18.1. The van der Waals surface area contributed by atoms with E-state index >= 15 is 0 Å². The monoisotopic (exact) mass is 440 g/mol. The molecule has 0 spiro atoms. The molecule has 0 aliphatic carbocycles. The van der Waals surface area contributed by atoms with E-state index in [4.69, 9.17) is 0 Å². The van der Waals surface area contributed by atoms with Crippen molar-refractivity contribution >= 4 is 11.8 Å². The first-order valence-electron chi connectivity index (χ1n) is 11.7. The van der Waals surface area contributed by atoms with E-state index in [1.165, 1.54) is 11.1 Å². The minimum atomic E-state index is -0.210. The van der Waals surface area contributed by atoms with Crippen LogP contribution in [-0.2, 0) is 22.6 Å². The van der Waals surface area contributed by atoms with E-state index in [2.05, 4.69) is 31.2 Å². The summed E-state index contributed by atoms with van der Waals surface area (Å²) in [6.45, 7) is 3.79. The van der Waals surface area contributed by atoms with Gasteiger partial charge in [0.1, 0.15) is 0 Å². The highest BCUT2D eigenvalue weighted by Crippen LogP contribution is 2.32. The van der Waals surface area contributed by atoms with Crippen LogP contribution in [0.1, 0.15) is 34.6 Å². The fourth-order valence-corrected chi connectivity index (χ4v) is 4.78. The van der Waals surface area contributed by atoms with Crippen LogP contribution < -0.4 is 0 Å². The minimum absolute atomic E-state index is 0.0852. The molecular formula is C29H32N2O2. The van der Waals surface area contributed by atoms with E-state index in [0.717, 1.165) is 17.5 Å². The SMILES string of the molecule is Cc1cccc(C2CC(C(=O)N(C)Cc3ccccc3)CN(C(=O)Cc3ccccc3)C2)c1. The largest absolute Gasteiger partial charge is 0.341 e. The van der Waals surface area contributed by atoms with Gasteiger partial charge in [-0.3, -0.25) is 9.59 Å². The molecule has 0 N–H and O–H groups in total. The van der Waals surface area contributed by atoms with Gasteiger partial charge >= 0.3 is 0 Å². The van der Waals surface area contributed by atoms with Gasteiger partial charge in [0, 0.05) is 32.6 Å². The molecule has 0 radical (unpaired) electrons. The lowest BCUT2D eigenvalue weighted by Crippen LogP contribution is -2.48. The Morgan fingerprint density at radius 1 is 0.879 bits per heavy atom. The molecule has 4 rings (SSSR count). The summed E-state index contributed by atoms with van der Waals surface area (Å²) >= 11 is 0. The van der Waals surface area contributed by atoms with Crippen LogP contribution in [0.15, 0.2) is 84.9 Å². The van der Waals surface area contributed by atoms with E-state index in [9.17, 15) is 9.59 Å². The van der Waals surface area contributed by atoms with Gasteiger partial charge < -0.3 is 9.80 Å². The Balaban J connectivity index is 1.53. The molecule has 2 amide bonds. The minimum Gasteiger partial charge on any atom is -0.341 e. The molecule has 2 atom stereocenters. The van der Waals surface area contributed by atoms with Gasteiger partial charge in [-0.25, -0.2) is 0 Å². The van der Waals surface area contributed by atoms with Crippen molar-refractivity contribution in [3.63, 3.8) is 0 Å². The van der Waals surface area contributed by atoms with Gasteiger partial charge in [0.25, 0.3) is 0 Å². The van der Waals surface area contributed by atoms with E-state index in [-0.39, 0.29) is 23.7 Å². The second-order valence-corrected chi connectivity index (χ2v) is 9.18. The van der Waals surface area contributed by atoms with Gasteiger partial charge in [0.2, 0.25) is 11.8 Å². The maximum Gasteiger partial charge on any atom is 0.227 e. The highest BCUT2D eigenvalue weighted by atomic mass is 16.2. The third-order valence-electron chi connectivity index (χ3n) is 6.50. The summed E-state index contributed by atoms with van der Waals surface area (Å²) in [5, 5.41) is 0. The molecule has 1 saturated heterocycles. The molecule has 1 heterocycles. The lowest BCUT2D eigenvalue weighted by atomic mass is 9.83. The molecule has 3 aromatic rings. The molecule has 1 aliphatic heterocycles. The number of benzene rings is 3. The second-order valence-electron chi connectivity index (χ2n) is 9.18. The first-order chi connectivity index (χ1) is 16.0. The maximum atomic E-state index is 13.5. The number of piperidine rings is 1. The van der Waals surface area contributed by atoms with Gasteiger partial charge in [-0.05, 0) is 30.0 Å². The van der Waals surface area contributed by atoms with Crippen LogP contribution in [-0.4, -0.2) is 41.8 Å². The Labute approximate surface area is 196 Å². The Morgan fingerprint density at radius 2 is 1.55 bits per heavy atom. The highest BCUT2D eigenvalue weighted by molar-refractivity contribution is 5.82. The number of hydrogen-bond donors (Lipinski definition) is 0. The zero-order chi connectivity index (χ0) is 23.2. The zero-order valence-corrected chi connectivity index (χ0v) is 19.5. The van der Waals surface area contributed by atoms with Crippen LogP contribution in [0.3, 0.4) is 0 Å². The number of nitrogens with zero attached hydrogens (tertiary/aromatic N) is 2. The summed E-state index contributed by atoms with van der Waals surface area (Å²) < 4.78 is 0. The highest BCUT2D eigenvalue weighted by Gasteiger charge is 2.35. The number of amides is 2. The quantitative estimate of drug-likeness (QED) is 0.551. The summed E-state index contributed by atoms with van der Waals surface area (Å²) in [6, 6.07) is 28.3. The Morgan fingerprint density at radius 3 is 2.21 bits per heavy atom. The van der Waals surface area contributed by atoms with Crippen molar-refractivity contribution in [1.82, 2.24) is 9.80 Å². The molecule has 3 aromatic carbocycles. The molecule has 4 heteroatoms. The van der Waals surface area contributed by atoms with Crippen LogP contribution in [0.25, 0.3) is 0 Å². The third kappa shape index (κ3) is 5.89. The lowest BCUT2D eigenvalue weighted by Gasteiger charge is -2.39. The summed E-state index contributed by atoms with van der Waals surface area (Å²) in [4.78, 5) is 30.4. The Hall–Kier alpha value is -3.40. The van der Waals surface area contributed by atoms with Crippen molar-refractivity contribution in [2.24, 2.45) is 5.92 Å². The first kappa shape index (κ1) is 22.8. The van der Waals surface area contributed by atoms with Crippen LogP contribution in [0.5, 0.6) is 0 Å². The predicted molar refractivity (Wildman–Crippen MR) is 132 cm³/mol. The number of carbonyl (C=O) groups excluding carboxylic acids is 2. The van der Waals surface area contributed by atoms with E-state index < -0.39 is 0 Å². The van der Waals surface area contributed by atoms with Gasteiger partial charge in [0.15, 0.2) is 0 Å². The fraction of sp³-hybridized carbons (Fsp3) is 0.310. The number of hydrogen-bond acceptors (Lipinski definition) is 2.